The molecule has 22 heavy (non-hydrogen) atoms. The molecule has 0 aliphatic carbocycles. The molecular formula is C13H21NO7Si. The largest absolute Gasteiger partial charge is 0.467 e. The van der Waals surface area contributed by atoms with E-state index in [4.69, 9.17) is 23.9 Å². The van der Waals surface area contributed by atoms with Gasteiger partial charge in [0.2, 0.25) is 0 Å². The van der Waals surface area contributed by atoms with Gasteiger partial charge in [0, 0.05) is 12.7 Å². The number of hydroxylamine groups is 2. The molecule has 0 bridgehead atoms. The fraction of sp³-hybridized carbons (Fsp3) is 0.846. The van der Waals surface area contributed by atoms with Crippen LogP contribution in [0.5, 0.6) is 0 Å². The average molecular weight is 331 g/mol. The molecule has 3 rings (SSSR count). The van der Waals surface area contributed by atoms with E-state index < -0.39 is 50.5 Å². The van der Waals surface area contributed by atoms with Crippen LogP contribution in [0, 0.1) is 5.92 Å². The zero-order chi connectivity index (χ0) is 16.2. The maximum Gasteiger partial charge on any atom is 0.338 e. The number of rotatable bonds is 3. The molecule has 124 valence electrons. The number of carbonyl (C=O) groups excluding carboxylic acids is 2. The van der Waals surface area contributed by atoms with Crippen molar-refractivity contribution in [1.82, 2.24) is 5.23 Å². The van der Waals surface area contributed by atoms with Gasteiger partial charge in [-0.05, 0) is 0 Å². The van der Waals surface area contributed by atoms with Crippen molar-refractivity contribution in [2.75, 3.05) is 14.2 Å². The van der Waals surface area contributed by atoms with Crippen LogP contribution in [0.4, 0.5) is 0 Å². The van der Waals surface area contributed by atoms with Gasteiger partial charge in [0.05, 0.1) is 15.2 Å². The highest BCUT2D eigenvalue weighted by Crippen LogP contribution is 2.50. The summed E-state index contributed by atoms with van der Waals surface area (Å²) in [5.74, 6) is -1.79. The van der Waals surface area contributed by atoms with E-state index in [0.717, 1.165) is 0 Å². The molecule has 0 N–H and O–H groups in total. The van der Waals surface area contributed by atoms with E-state index >= 15 is 0 Å². The molecule has 0 spiro atoms. The van der Waals surface area contributed by atoms with Crippen molar-refractivity contribution in [1.29, 1.82) is 0 Å². The summed E-state index contributed by atoms with van der Waals surface area (Å²) < 4.78 is 15.7. The Morgan fingerprint density at radius 3 is 2.45 bits per heavy atom. The van der Waals surface area contributed by atoms with Gasteiger partial charge in [-0.15, -0.1) is 0 Å². The maximum atomic E-state index is 12.3. The summed E-state index contributed by atoms with van der Waals surface area (Å²) in [6.45, 7) is 6.49. The lowest BCUT2D eigenvalue weighted by Crippen LogP contribution is -2.58. The van der Waals surface area contributed by atoms with Gasteiger partial charge in [0.15, 0.2) is 12.4 Å². The predicted octanol–water partition coefficient (Wildman–Crippen LogP) is 0.311. The van der Waals surface area contributed by atoms with Crippen molar-refractivity contribution in [3.05, 3.63) is 0 Å². The average Bonchev–Trinajstić information content (AvgIpc) is 2.98. The van der Waals surface area contributed by atoms with E-state index in [2.05, 4.69) is 19.6 Å². The minimum absolute atomic E-state index is 0.0484. The molecule has 3 saturated heterocycles. The van der Waals surface area contributed by atoms with Crippen molar-refractivity contribution >= 4 is 20.0 Å². The van der Waals surface area contributed by atoms with Gasteiger partial charge >= 0.3 is 11.9 Å². The minimum atomic E-state index is -1.77. The third kappa shape index (κ3) is 2.19. The standard InChI is InChI=1S/C13H21NO7Si/c1-17-12(16)8-6-7-9(19-11(6)15)10(22(3,4)5)13(18-2)21-14(7)20-8/h6-10,13H,1-5H3/t6-,7-,8-,9+,10+,13+/m1/s1. The fourth-order valence-electron chi connectivity index (χ4n) is 3.53. The second kappa shape index (κ2) is 5.27. The van der Waals surface area contributed by atoms with Crippen LogP contribution < -0.4 is 0 Å². The summed E-state index contributed by atoms with van der Waals surface area (Å²) in [6.07, 6.45) is -2.02. The summed E-state index contributed by atoms with van der Waals surface area (Å²) >= 11 is 0. The molecule has 9 heteroatoms. The van der Waals surface area contributed by atoms with Gasteiger partial charge < -0.3 is 14.2 Å². The minimum Gasteiger partial charge on any atom is -0.467 e. The first kappa shape index (κ1) is 15.9. The Labute approximate surface area is 129 Å². The first-order valence-electron chi connectivity index (χ1n) is 7.23. The van der Waals surface area contributed by atoms with Gasteiger partial charge in [-0.3, -0.25) is 9.63 Å². The van der Waals surface area contributed by atoms with Crippen molar-refractivity contribution in [2.24, 2.45) is 5.92 Å². The van der Waals surface area contributed by atoms with Gasteiger partial charge in [-0.25, -0.2) is 9.63 Å². The van der Waals surface area contributed by atoms with Gasteiger partial charge in [-0.2, -0.15) is 0 Å². The number of hydrogen-bond donors (Lipinski definition) is 0. The summed E-state index contributed by atoms with van der Waals surface area (Å²) in [4.78, 5) is 35.4. The second-order valence-electron chi connectivity index (χ2n) is 6.85. The van der Waals surface area contributed by atoms with Crippen LogP contribution in [0.2, 0.25) is 25.2 Å². The van der Waals surface area contributed by atoms with E-state index in [9.17, 15) is 9.59 Å². The van der Waals surface area contributed by atoms with Crippen LogP contribution in [0.1, 0.15) is 0 Å². The van der Waals surface area contributed by atoms with Crippen LogP contribution in [-0.4, -0.2) is 64.0 Å². The van der Waals surface area contributed by atoms with Crippen molar-refractivity contribution in [3.8, 4) is 0 Å². The molecular weight excluding hydrogens is 310 g/mol. The Morgan fingerprint density at radius 1 is 1.23 bits per heavy atom. The molecule has 0 aromatic carbocycles. The molecule has 0 aromatic rings. The highest BCUT2D eigenvalue weighted by Gasteiger charge is 2.68. The van der Waals surface area contributed by atoms with Gasteiger partial charge in [0.25, 0.3) is 0 Å². The van der Waals surface area contributed by atoms with Crippen LogP contribution in [0.15, 0.2) is 0 Å². The Kier molecular flexibility index (Phi) is 3.80. The molecule has 0 aromatic heterocycles. The predicted molar refractivity (Wildman–Crippen MR) is 74.9 cm³/mol. The molecule has 0 unspecified atom stereocenters. The normalized spacial score (nSPS) is 41.2. The van der Waals surface area contributed by atoms with Gasteiger partial charge in [0.1, 0.15) is 18.1 Å². The van der Waals surface area contributed by atoms with E-state index in [0.29, 0.717) is 0 Å². The lowest BCUT2D eigenvalue weighted by molar-refractivity contribution is -0.439. The first-order valence-corrected chi connectivity index (χ1v) is 10.8. The second-order valence-corrected chi connectivity index (χ2v) is 12.3. The molecule has 0 saturated carbocycles. The molecule has 0 amide bonds. The van der Waals surface area contributed by atoms with Crippen LogP contribution >= 0.6 is 0 Å². The van der Waals surface area contributed by atoms with E-state index in [1.807, 2.05) is 0 Å². The number of ether oxygens (including phenoxy) is 3. The van der Waals surface area contributed by atoms with Gasteiger partial charge in [-0.1, -0.05) is 24.9 Å². The zero-order valence-electron chi connectivity index (χ0n) is 13.3. The van der Waals surface area contributed by atoms with Crippen molar-refractivity contribution in [2.45, 2.75) is 49.7 Å². The monoisotopic (exact) mass is 331 g/mol. The zero-order valence-corrected chi connectivity index (χ0v) is 14.3. The Bertz CT molecular complexity index is 493. The smallest absolute Gasteiger partial charge is 0.338 e. The summed E-state index contributed by atoms with van der Waals surface area (Å²) in [5.41, 5.74) is -0.0484. The van der Waals surface area contributed by atoms with Crippen LogP contribution in [0.25, 0.3) is 0 Å². The lowest BCUT2D eigenvalue weighted by Gasteiger charge is -2.45. The number of hydrogen-bond acceptors (Lipinski definition) is 8. The fourth-order valence-corrected chi connectivity index (χ4v) is 5.79. The third-order valence-electron chi connectivity index (χ3n) is 4.54. The first-order chi connectivity index (χ1) is 10.3. The maximum absolute atomic E-state index is 12.3. The number of esters is 2. The number of nitrogens with zero attached hydrogens (tertiary/aromatic N) is 1. The molecule has 8 nitrogen and oxygen atoms in total. The molecule has 3 heterocycles. The molecule has 3 aliphatic heterocycles. The molecule has 6 atom stereocenters. The number of carbonyl (C=O) groups is 2. The Morgan fingerprint density at radius 2 is 1.91 bits per heavy atom. The van der Waals surface area contributed by atoms with E-state index in [1.54, 1.807) is 7.11 Å². The SMILES string of the molecule is COC(=O)[C@@H]1ON2O[C@H](OC)[C@@H]([Si](C)(C)C)[C@H]3OC(=O)[C@@H]1[C@H]32. The van der Waals surface area contributed by atoms with Crippen LogP contribution in [-0.2, 0) is 33.5 Å². The quantitative estimate of drug-likeness (QED) is 0.540. The molecule has 3 aliphatic rings. The Balaban J connectivity index is 1.96. The third-order valence-corrected chi connectivity index (χ3v) is 7.14. The summed E-state index contributed by atoms with van der Waals surface area (Å²) in [5, 5.41) is 1.20. The highest BCUT2D eigenvalue weighted by atomic mass is 28.3. The van der Waals surface area contributed by atoms with Crippen molar-refractivity contribution < 1.29 is 33.5 Å². The van der Waals surface area contributed by atoms with Crippen LogP contribution in [0.3, 0.4) is 0 Å². The lowest BCUT2D eigenvalue weighted by atomic mass is 9.92. The Hall–Kier alpha value is -1.00. The van der Waals surface area contributed by atoms with Crippen molar-refractivity contribution in [3.63, 3.8) is 0 Å². The van der Waals surface area contributed by atoms with E-state index in [1.165, 1.54) is 12.3 Å². The molecule has 0 radical (unpaired) electrons. The van der Waals surface area contributed by atoms with E-state index in [-0.39, 0.29) is 5.54 Å². The highest BCUT2D eigenvalue weighted by molar-refractivity contribution is 6.77. The topological polar surface area (TPSA) is 83.5 Å². The summed E-state index contributed by atoms with van der Waals surface area (Å²) in [7, 11) is 1.03. The summed E-state index contributed by atoms with van der Waals surface area (Å²) in [6, 6.07) is -0.445. The molecule has 3 fully saturated rings. The number of methoxy groups -OCH3 is 2.